The van der Waals surface area contributed by atoms with Crippen LogP contribution in [0.15, 0.2) is 37.3 Å². The molecule has 0 N–H and O–H groups in total. The fourth-order valence-corrected chi connectivity index (χ4v) is 27.1. The first-order valence-electron chi connectivity index (χ1n) is 47.9. The average molecular weight is 2400 g/mol. The van der Waals surface area contributed by atoms with Crippen molar-refractivity contribution in [3.8, 4) is 0 Å². The largest absolute Gasteiger partial charge is 0.559 e. The molecule has 0 heterocycles. The standard InChI is InChI=1S/C14H33NOSi2.C10H22F3NOSi2.2C8H18F3NOSi2.4C8H21NOSi2.C7H14F3NOSi.C6H12F3NOSi.CF4/c1-12(15-17(8,9)13(2,3)4)16-18(10,11)14(5,6)7;1-5-16(6-2)14-9(10(11,12)13)15-17(7-3)8-4;2*1-14(2,3)12-7(8(9,10)11)13-15(4,5)6;4*1-8(9-11(2,3)4)10-12(5,6)7;1-11(13(2,3)4)6(12)5-7(8,9)10;1-10(12(2,3)4)5(11)6(7,8)9;2-1(3,4)5/h1-11H3;16-17H,5-8H2,1-4H3;2*1-6H3;4*1-7H3;5H2,1-4H3;1-4H3;. The lowest BCUT2D eigenvalue weighted by Crippen LogP contribution is -2.51. The maximum atomic E-state index is 12.8. The lowest BCUT2D eigenvalue weighted by molar-refractivity contribution is -0.237. The van der Waals surface area contributed by atoms with Crippen molar-refractivity contribution in [3.63, 3.8) is 0 Å². The van der Waals surface area contributed by atoms with Gasteiger partial charge in [0.15, 0.2) is 113 Å². The molecule has 0 aromatic rings. The van der Waals surface area contributed by atoms with Crippen LogP contribution in [0.5, 0.6) is 0 Å². The highest BCUT2D eigenvalue weighted by atomic mass is 28.4. The summed E-state index contributed by atoms with van der Waals surface area (Å²) in [6.07, 6.45) is -29.4. The molecule has 0 aromatic heterocycles. The Morgan fingerprint density at radius 2 is 0.490 bits per heavy atom. The predicted octanol–water partition coefficient (Wildman–Crippen LogP) is 34.1. The molecular weight excluding hydrogens is 2200 g/mol. The van der Waals surface area contributed by atoms with Crippen LogP contribution < -0.4 is 0 Å². The molecule has 143 heavy (non-hydrogen) atoms. The van der Waals surface area contributed by atoms with Crippen LogP contribution in [0.2, 0.25) is 335 Å². The smallest absolute Gasteiger partial charge is 0.535 e. The van der Waals surface area contributed by atoms with Crippen molar-refractivity contribution in [2.75, 3.05) is 14.1 Å². The molecule has 0 rings (SSSR count). The number of nitrogens with zero attached hydrogens (tertiary/aromatic N) is 10. The van der Waals surface area contributed by atoms with Gasteiger partial charge in [-0.15, -0.1) is 17.6 Å². The zero-order chi connectivity index (χ0) is 119. The molecule has 0 aromatic carbocycles. The number of hydrogen-bond acceptors (Lipinski definition) is 18. The van der Waals surface area contributed by atoms with E-state index in [1.165, 1.54) is 18.7 Å². The summed E-state index contributed by atoms with van der Waals surface area (Å²) in [6, 6.07) is 2.89. The molecule has 57 heteroatoms. The summed E-state index contributed by atoms with van der Waals surface area (Å²) < 4.78 is 304. The summed E-state index contributed by atoms with van der Waals surface area (Å²) in [6.45, 7) is 124. The lowest BCUT2D eigenvalue weighted by atomic mass is 10.2. The van der Waals surface area contributed by atoms with Gasteiger partial charge in [-0.3, -0.25) is 46.9 Å². The Bertz CT molecular complexity index is 3630. The number of rotatable bonds is 23. The normalized spacial score (nSPS) is 14.5. The zero-order valence-electron chi connectivity index (χ0n) is 100. The molecular formula is C86H201F19N10O10Si18. The van der Waals surface area contributed by atoms with Crippen molar-refractivity contribution in [1.82, 2.24) is 9.13 Å². The third kappa shape index (κ3) is 116. The lowest BCUT2D eigenvalue weighted by Gasteiger charge is -2.38. The molecule has 2 amide bonds. The SMILES string of the molecule is CC(=N[Si](C)(C)C(C)(C)C)O[Si](C)(C)C(C)(C)C.CC(=N[Si](C)(C)C)O[Si](C)(C)C.CC(=N[Si](C)(C)C)O[Si](C)(C)C.CC(=N[Si](C)(C)C)O[Si](C)(C)C.CC(=N[Si](C)(C)C)O[Si](C)(C)C.CC[SiH](CC)N=C(O[SiH](CC)CC)C(F)(F)F.CN(C(=O)C(F)(F)F)[Si](C)(C)C.CN(C(=O)CC(F)(F)F)[Si](C)(C)C.C[Si](C)(C)N=C(O[Si](C)(C)C)C(F)(F)F.C[Si](C)(C)N=C(O[Si](C)(C)C)C(F)(F)F.FC(F)(F)F. The quantitative estimate of drug-likeness (QED) is 0.0408. The molecule has 0 atom stereocenters. The summed E-state index contributed by atoms with van der Waals surface area (Å²) in [4.78, 5) is 21.7. The first-order valence-corrected chi connectivity index (χ1v) is 106. The Kier molecular flexibility index (Phi) is 72.7. The number of carbonyl (C=O) groups is 2. The van der Waals surface area contributed by atoms with E-state index in [-0.39, 0.29) is 10.1 Å². The highest BCUT2D eigenvalue weighted by Crippen LogP contribution is 2.40. The minimum Gasteiger partial charge on any atom is -0.535 e. The van der Waals surface area contributed by atoms with E-state index in [2.05, 4.69) is 257 Å². The summed E-state index contributed by atoms with van der Waals surface area (Å²) >= 11 is 0. The van der Waals surface area contributed by atoms with Crippen LogP contribution in [-0.4, -0.2) is 270 Å². The van der Waals surface area contributed by atoms with Crippen LogP contribution in [-0.2, 0) is 45.0 Å². The van der Waals surface area contributed by atoms with Crippen molar-refractivity contribution in [3.05, 3.63) is 0 Å². The molecule has 0 radical (unpaired) electrons. The van der Waals surface area contributed by atoms with Crippen LogP contribution in [0.3, 0.4) is 0 Å². The number of amides is 2. The molecule has 0 aliphatic heterocycles. The average Bonchev–Trinajstić information content (AvgIpc) is 0.804. The van der Waals surface area contributed by atoms with E-state index < -0.39 is 224 Å². The van der Waals surface area contributed by atoms with Gasteiger partial charge < -0.3 is 44.5 Å². The van der Waals surface area contributed by atoms with E-state index in [1.807, 2.05) is 82.0 Å². The number of hydrogen-bond donors (Lipinski definition) is 0. The molecule has 0 spiro atoms. The first-order chi connectivity index (χ1) is 61.1. The number of carbonyl (C=O) groups excluding carboxylic acids is 2. The van der Waals surface area contributed by atoms with Gasteiger partial charge in [-0.1, -0.05) is 109 Å². The van der Waals surface area contributed by atoms with E-state index >= 15 is 0 Å². The van der Waals surface area contributed by atoms with Crippen LogP contribution in [0.1, 0.15) is 110 Å². The number of alkyl halides is 19. The maximum absolute atomic E-state index is 12.8. The topological polar surface area (TPSA) is 213 Å². The van der Waals surface area contributed by atoms with E-state index in [1.54, 1.807) is 98.2 Å². The van der Waals surface area contributed by atoms with Gasteiger partial charge in [0.1, 0.15) is 6.42 Å². The second kappa shape index (κ2) is 63.8. The van der Waals surface area contributed by atoms with E-state index in [9.17, 15) is 93.0 Å². The van der Waals surface area contributed by atoms with E-state index in [0.717, 1.165) is 46.1 Å². The van der Waals surface area contributed by atoms with Gasteiger partial charge in [0.05, 0.1) is 0 Å². The van der Waals surface area contributed by atoms with Gasteiger partial charge in [-0.25, -0.2) is 0 Å². The van der Waals surface area contributed by atoms with Crippen molar-refractivity contribution >= 4 is 209 Å². The van der Waals surface area contributed by atoms with Gasteiger partial charge in [0, 0.05) is 48.7 Å². The Hall–Kier alpha value is -2.73. The molecule has 0 aliphatic carbocycles. The highest BCUT2D eigenvalue weighted by Gasteiger charge is 2.48. The molecule has 860 valence electrons. The molecule has 20 nitrogen and oxygen atoms in total. The Morgan fingerprint density at radius 3 is 0.629 bits per heavy atom. The van der Waals surface area contributed by atoms with Gasteiger partial charge in [-0.05, 0) is 296 Å². The van der Waals surface area contributed by atoms with Crippen molar-refractivity contribution in [2.45, 2.75) is 483 Å². The van der Waals surface area contributed by atoms with Crippen LogP contribution >= 0.6 is 0 Å². The molecule has 0 aliphatic rings. The molecule has 0 saturated heterocycles. The van der Waals surface area contributed by atoms with E-state index in [4.69, 9.17) is 40.1 Å². The van der Waals surface area contributed by atoms with Gasteiger partial charge in [0.2, 0.25) is 64.9 Å². The second-order valence-corrected chi connectivity index (χ2v) is 131. The van der Waals surface area contributed by atoms with Crippen LogP contribution in [0, 0.1) is 0 Å². The van der Waals surface area contributed by atoms with E-state index in [0.29, 0.717) is 12.1 Å². The Morgan fingerprint density at radius 1 is 0.280 bits per heavy atom. The highest BCUT2D eigenvalue weighted by molar-refractivity contribution is 6.82. The third-order valence-corrected chi connectivity index (χ3v) is 45.6. The minimum absolute atomic E-state index is 0.233. The maximum Gasteiger partial charge on any atom is 0.559 e. The van der Waals surface area contributed by atoms with Crippen molar-refractivity contribution < 1.29 is 128 Å². The van der Waals surface area contributed by atoms with Crippen molar-refractivity contribution in [1.29, 1.82) is 0 Å². The number of halogens is 19. The zero-order valence-corrected chi connectivity index (χ0v) is 119. The summed E-state index contributed by atoms with van der Waals surface area (Å²) in [5.74, 6) is -1.19. The predicted molar refractivity (Wildman–Crippen MR) is 622 cm³/mol. The summed E-state index contributed by atoms with van der Waals surface area (Å²) in [5, 5.41) is 0.502. The Balaban J connectivity index is -0.000000150. The molecule has 0 unspecified atom stereocenters. The second-order valence-electron chi connectivity index (χ2n) is 50.8. The summed E-state index contributed by atoms with van der Waals surface area (Å²) in [7, 11) is -28.2. The first kappa shape index (κ1) is 163. The monoisotopic (exact) mass is 2400 g/mol. The summed E-state index contributed by atoms with van der Waals surface area (Å²) in [5.41, 5.74) is 0. The third-order valence-electron chi connectivity index (χ3n) is 16.4. The minimum atomic E-state index is -5.50. The Labute approximate surface area is 875 Å². The van der Waals surface area contributed by atoms with Crippen LogP contribution in [0.4, 0.5) is 83.4 Å². The van der Waals surface area contributed by atoms with Gasteiger partial charge in [0.25, 0.3) is 26.0 Å². The molecule has 0 bridgehead atoms. The fraction of sp³-hybridized carbons (Fsp3) is 0.884. The van der Waals surface area contributed by atoms with Crippen molar-refractivity contribution in [2.24, 2.45) is 37.3 Å². The van der Waals surface area contributed by atoms with Gasteiger partial charge in [-0.2, -0.15) is 65.9 Å². The molecule has 0 fully saturated rings. The van der Waals surface area contributed by atoms with Gasteiger partial charge >= 0.3 is 43.2 Å². The van der Waals surface area contributed by atoms with Crippen LogP contribution in [0.25, 0.3) is 0 Å². The molecule has 0 saturated carbocycles. The fourth-order valence-electron chi connectivity index (χ4n) is 8.92.